The van der Waals surface area contributed by atoms with Gasteiger partial charge in [-0.3, -0.25) is 4.68 Å². The molecule has 4 rings (SSSR count). The van der Waals surface area contributed by atoms with Crippen molar-refractivity contribution in [3.8, 4) is 5.75 Å². The van der Waals surface area contributed by atoms with Crippen LogP contribution in [0, 0.1) is 13.8 Å². The van der Waals surface area contributed by atoms with Crippen molar-refractivity contribution in [3.63, 3.8) is 0 Å². The van der Waals surface area contributed by atoms with Crippen molar-refractivity contribution in [1.82, 2.24) is 20.0 Å². The van der Waals surface area contributed by atoms with E-state index in [0.717, 1.165) is 29.1 Å². The van der Waals surface area contributed by atoms with E-state index in [2.05, 4.69) is 26.7 Å². The second-order valence-corrected chi connectivity index (χ2v) is 5.96. The van der Waals surface area contributed by atoms with Gasteiger partial charge in [-0.15, -0.1) is 5.10 Å². The fourth-order valence-electron chi connectivity index (χ4n) is 2.98. The molecule has 0 spiro atoms. The van der Waals surface area contributed by atoms with E-state index >= 15 is 0 Å². The monoisotopic (exact) mass is 325 g/mol. The Kier molecular flexibility index (Phi) is 3.68. The van der Waals surface area contributed by atoms with E-state index < -0.39 is 0 Å². The number of fused-ring (bicyclic) bond motifs is 1. The van der Waals surface area contributed by atoms with E-state index in [1.807, 2.05) is 42.8 Å². The molecule has 1 atom stereocenters. The maximum absolute atomic E-state index is 5.73. The van der Waals surface area contributed by atoms with Crippen LogP contribution >= 0.6 is 0 Å². The quantitative estimate of drug-likeness (QED) is 0.795. The van der Waals surface area contributed by atoms with Crippen LogP contribution in [0.5, 0.6) is 5.75 Å². The van der Waals surface area contributed by atoms with Crippen molar-refractivity contribution in [3.05, 3.63) is 53.2 Å². The van der Waals surface area contributed by atoms with Gasteiger partial charge in [0.2, 0.25) is 5.89 Å². The molecule has 3 heterocycles. The number of aromatic nitrogens is 4. The predicted octanol–water partition coefficient (Wildman–Crippen LogP) is 2.87. The van der Waals surface area contributed by atoms with Crippen molar-refractivity contribution >= 4 is 6.01 Å². The summed E-state index contributed by atoms with van der Waals surface area (Å²) in [7, 11) is 0. The summed E-state index contributed by atoms with van der Waals surface area (Å²) in [5.74, 6) is 1.44. The first-order valence-corrected chi connectivity index (χ1v) is 8.01. The maximum atomic E-state index is 5.73. The number of hydrogen-bond donors (Lipinski definition) is 1. The number of aryl methyl sites for hydroxylation is 2. The lowest BCUT2D eigenvalue weighted by molar-refractivity contribution is 0.273. The van der Waals surface area contributed by atoms with Crippen molar-refractivity contribution < 1.29 is 9.15 Å². The summed E-state index contributed by atoms with van der Waals surface area (Å²) < 4.78 is 13.3. The first kappa shape index (κ1) is 14.7. The number of nitrogens with one attached hydrogen (secondary N) is 1. The molecule has 2 aromatic heterocycles. The largest absolute Gasteiger partial charge is 0.493 e. The van der Waals surface area contributed by atoms with Gasteiger partial charge in [0.05, 0.1) is 18.3 Å². The molecule has 0 aliphatic carbocycles. The van der Waals surface area contributed by atoms with Gasteiger partial charge >= 0.3 is 6.01 Å². The minimum Gasteiger partial charge on any atom is -0.493 e. The van der Waals surface area contributed by atoms with Gasteiger partial charge in [-0.25, -0.2) is 0 Å². The normalized spacial score (nSPS) is 16.5. The lowest BCUT2D eigenvalue weighted by atomic mass is 10.0. The van der Waals surface area contributed by atoms with Crippen molar-refractivity contribution in [2.75, 3.05) is 11.9 Å². The van der Waals surface area contributed by atoms with E-state index in [-0.39, 0.29) is 6.04 Å². The minimum absolute atomic E-state index is 0.108. The smallest absolute Gasteiger partial charge is 0.316 e. The molecule has 24 heavy (non-hydrogen) atoms. The summed E-state index contributed by atoms with van der Waals surface area (Å²) >= 11 is 0. The first-order valence-electron chi connectivity index (χ1n) is 8.01. The van der Waals surface area contributed by atoms with Gasteiger partial charge in [0, 0.05) is 17.7 Å². The van der Waals surface area contributed by atoms with Crippen LogP contribution < -0.4 is 10.1 Å². The highest BCUT2D eigenvalue weighted by atomic mass is 16.5. The molecule has 1 unspecified atom stereocenters. The molecule has 1 N–H and O–H groups in total. The van der Waals surface area contributed by atoms with Crippen LogP contribution in [0.2, 0.25) is 0 Å². The van der Waals surface area contributed by atoms with Gasteiger partial charge in [0.1, 0.15) is 12.3 Å². The lowest BCUT2D eigenvalue weighted by Crippen LogP contribution is -2.20. The van der Waals surface area contributed by atoms with Crippen LogP contribution in [-0.4, -0.2) is 26.6 Å². The number of hydrogen-bond acceptors (Lipinski definition) is 6. The summed E-state index contributed by atoms with van der Waals surface area (Å²) in [6.07, 6.45) is 0.853. The standard InChI is InChI=1S/C17H19N5O2/c1-11-9-12(2)22(21-11)10-16-19-20-17(24-16)18-14-7-8-23-15-6-4-3-5-13(14)15/h3-6,9,14H,7-8,10H2,1-2H3,(H,18,20). The molecule has 1 aromatic carbocycles. The van der Waals surface area contributed by atoms with Gasteiger partial charge in [-0.05, 0) is 26.0 Å². The number of nitrogens with zero attached hydrogens (tertiary/aromatic N) is 4. The maximum Gasteiger partial charge on any atom is 0.316 e. The van der Waals surface area contributed by atoms with Crippen LogP contribution in [0.4, 0.5) is 6.01 Å². The number of anilines is 1. The number of rotatable bonds is 4. The third-order valence-corrected chi connectivity index (χ3v) is 4.11. The fourth-order valence-corrected chi connectivity index (χ4v) is 2.98. The molecule has 124 valence electrons. The molecule has 1 aliphatic rings. The van der Waals surface area contributed by atoms with Crippen molar-refractivity contribution in [1.29, 1.82) is 0 Å². The summed E-state index contributed by atoms with van der Waals surface area (Å²) in [5, 5.41) is 15.9. The zero-order valence-corrected chi connectivity index (χ0v) is 13.7. The Hall–Kier alpha value is -2.83. The molecule has 3 aromatic rings. The van der Waals surface area contributed by atoms with E-state index in [9.17, 15) is 0 Å². The average molecular weight is 325 g/mol. The van der Waals surface area contributed by atoms with Gasteiger partial charge in [-0.2, -0.15) is 5.10 Å². The molecule has 0 saturated carbocycles. The summed E-state index contributed by atoms with van der Waals surface area (Å²) in [6, 6.07) is 10.6. The van der Waals surface area contributed by atoms with Crippen LogP contribution in [-0.2, 0) is 6.54 Å². The van der Waals surface area contributed by atoms with Crippen molar-refractivity contribution in [2.24, 2.45) is 0 Å². The van der Waals surface area contributed by atoms with E-state index in [0.29, 0.717) is 25.1 Å². The molecule has 0 fully saturated rings. The highest BCUT2D eigenvalue weighted by Crippen LogP contribution is 2.33. The summed E-state index contributed by atoms with van der Waals surface area (Å²) in [6.45, 7) is 5.11. The van der Waals surface area contributed by atoms with Gasteiger partial charge in [0.15, 0.2) is 0 Å². The molecule has 0 radical (unpaired) electrons. The molecule has 7 nitrogen and oxygen atoms in total. The van der Waals surface area contributed by atoms with Crippen LogP contribution in [0.1, 0.15) is 35.3 Å². The molecule has 0 saturated heterocycles. The number of benzene rings is 1. The third kappa shape index (κ3) is 2.84. The Balaban J connectivity index is 1.49. The minimum atomic E-state index is 0.108. The second kappa shape index (κ2) is 5.99. The molecule has 0 amide bonds. The van der Waals surface area contributed by atoms with Crippen molar-refractivity contribution in [2.45, 2.75) is 32.9 Å². The Bertz CT molecular complexity index is 854. The lowest BCUT2D eigenvalue weighted by Gasteiger charge is -2.25. The zero-order chi connectivity index (χ0) is 16.5. The van der Waals surface area contributed by atoms with E-state index in [1.54, 1.807) is 0 Å². The van der Waals surface area contributed by atoms with Crippen LogP contribution in [0.3, 0.4) is 0 Å². The molecular formula is C17H19N5O2. The predicted molar refractivity (Wildman–Crippen MR) is 88.0 cm³/mol. The molecule has 1 aliphatic heterocycles. The van der Waals surface area contributed by atoms with Gasteiger partial charge < -0.3 is 14.5 Å². The van der Waals surface area contributed by atoms with Gasteiger partial charge in [-0.1, -0.05) is 23.3 Å². The SMILES string of the molecule is Cc1cc(C)n(Cc2nnc(NC3CCOc4ccccc43)o2)n1. The number of ether oxygens (including phenoxy) is 1. The summed E-state index contributed by atoms with van der Waals surface area (Å²) in [4.78, 5) is 0. The Morgan fingerprint density at radius 2 is 2.12 bits per heavy atom. The fraction of sp³-hybridized carbons (Fsp3) is 0.353. The average Bonchev–Trinajstić information content (AvgIpc) is 3.14. The topological polar surface area (TPSA) is 78.0 Å². The first-order chi connectivity index (χ1) is 11.7. The van der Waals surface area contributed by atoms with E-state index in [4.69, 9.17) is 9.15 Å². The Labute approximate surface area is 139 Å². The van der Waals surface area contributed by atoms with Crippen LogP contribution in [0.25, 0.3) is 0 Å². The molecule has 0 bridgehead atoms. The highest BCUT2D eigenvalue weighted by Gasteiger charge is 2.22. The molecular weight excluding hydrogens is 306 g/mol. The second-order valence-electron chi connectivity index (χ2n) is 5.96. The number of para-hydroxylation sites is 1. The van der Waals surface area contributed by atoms with E-state index in [1.165, 1.54) is 0 Å². The highest BCUT2D eigenvalue weighted by molar-refractivity contribution is 5.41. The van der Waals surface area contributed by atoms with Crippen LogP contribution in [0.15, 0.2) is 34.7 Å². The Morgan fingerprint density at radius 3 is 2.96 bits per heavy atom. The third-order valence-electron chi connectivity index (χ3n) is 4.11. The summed E-state index contributed by atoms with van der Waals surface area (Å²) in [5.41, 5.74) is 3.16. The Morgan fingerprint density at radius 1 is 1.25 bits per heavy atom. The molecule has 7 heteroatoms. The van der Waals surface area contributed by atoms with Gasteiger partial charge in [0.25, 0.3) is 0 Å². The zero-order valence-electron chi connectivity index (χ0n) is 13.7.